The number of hydrogen-bond acceptors (Lipinski definition) is 3. The normalized spacial score (nSPS) is 17.0. The average molecular weight is 205 g/mol. The Morgan fingerprint density at radius 2 is 2.29 bits per heavy atom. The molecule has 0 aromatic heterocycles. The number of nitrogens with one attached hydrogen (secondary N) is 1. The summed E-state index contributed by atoms with van der Waals surface area (Å²) in [6.45, 7) is 1.82. The molecule has 1 N–H and O–H groups in total. The summed E-state index contributed by atoms with van der Waals surface area (Å²) in [6, 6.07) is 0.102. The molecule has 0 radical (unpaired) electrons. The molecule has 0 atom stereocenters. The molecule has 0 aliphatic heterocycles. The lowest BCUT2D eigenvalue weighted by atomic mass is 10.4. The maximum atomic E-state index is 12.3. The van der Waals surface area contributed by atoms with Crippen LogP contribution < -0.4 is 5.32 Å². The van der Waals surface area contributed by atoms with Gasteiger partial charge < -0.3 is 10.1 Å². The lowest BCUT2D eigenvalue weighted by molar-refractivity contribution is -0.137. The van der Waals surface area contributed by atoms with E-state index in [0.717, 1.165) is 18.9 Å². The second kappa shape index (κ2) is 4.93. The highest BCUT2D eigenvalue weighted by atomic mass is 19.3. The van der Waals surface area contributed by atoms with Gasteiger partial charge >= 0.3 is 5.97 Å². The molecule has 1 saturated carbocycles. The lowest BCUT2D eigenvalue weighted by Crippen LogP contribution is -2.22. The Morgan fingerprint density at radius 3 is 2.71 bits per heavy atom. The average Bonchev–Trinajstić information content (AvgIpc) is 2.87. The first kappa shape index (κ1) is 10.9. The van der Waals surface area contributed by atoms with E-state index >= 15 is 0 Å². The van der Waals surface area contributed by atoms with Crippen molar-refractivity contribution in [2.45, 2.75) is 32.2 Å². The summed E-state index contributed by atoms with van der Waals surface area (Å²) in [6.07, 6.45) is -0.0632. The second-order valence-electron chi connectivity index (χ2n) is 3.07. The maximum Gasteiger partial charge on any atom is 0.332 e. The Labute approximate surface area is 81.1 Å². The van der Waals surface area contributed by atoms with Crippen LogP contribution in [0.4, 0.5) is 8.78 Å². The van der Waals surface area contributed by atoms with Crippen LogP contribution in [0.3, 0.4) is 0 Å². The third kappa shape index (κ3) is 3.72. The molecule has 0 unspecified atom stereocenters. The van der Waals surface area contributed by atoms with E-state index in [-0.39, 0.29) is 18.3 Å². The van der Waals surface area contributed by atoms with E-state index in [2.05, 4.69) is 10.1 Å². The molecule has 5 heteroatoms. The fourth-order valence-electron chi connectivity index (χ4n) is 0.942. The number of alkyl halides is 2. The summed E-state index contributed by atoms with van der Waals surface area (Å²) in [5.74, 6) is -0.726. The largest absolute Gasteiger partial charge is 0.463 e. The molecular weight excluding hydrogens is 192 g/mol. The van der Waals surface area contributed by atoms with Crippen LogP contribution in [0.1, 0.15) is 19.8 Å². The summed E-state index contributed by atoms with van der Waals surface area (Å²) >= 11 is 0. The fourth-order valence-corrected chi connectivity index (χ4v) is 0.942. The fraction of sp³-hybridized carbons (Fsp3) is 0.667. The van der Waals surface area contributed by atoms with Crippen LogP contribution in [0.25, 0.3) is 0 Å². The van der Waals surface area contributed by atoms with Gasteiger partial charge in [-0.2, -0.15) is 0 Å². The van der Waals surface area contributed by atoms with Crippen molar-refractivity contribution in [1.29, 1.82) is 0 Å². The van der Waals surface area contributed by atoms with E-state index in [1.807, 2.05) is 0 Å². The smallest absolute Gasteiger partial charge is 0.332 e. The van der Waals surface area contributed by atoms with Crippen LogP contribution in [-0.2, 0) is 9.53 Å². The van der Waals surface area contributed by atoms with Crippen molar-refractivity contribution >= 4 is 5.97 Å². The number of ether oxygens (including phenoxy) is 1. The monoisotopic (exact) mass is 205 g/mol. The van der Waals surface area contributed by atoms with Crippen molar-refractivity contribution in [3.63, 3.8) is 0 Å². The van der Waals surface area contributed by atoms with Crippen LogP contribution in [0.2, 0.25) is 0 Å². The molecule has 0 amide bonds. The topological polar surface area (TPSA) is 38.3 Å². The van der Waals surface area contributed by atoms with Gasteiger partial charge in [0.25, 0.3) is 6.43 Å². The van der Waals surface area contributed by atoms with Crippen molar-refractivity contribution in [3.8, 4) is 0 Å². The maximum absolute atomic E-state index is 12.3. The van der Waals surface area contributed by atoms with Gasteiger partial charge in [-0.1, -0.05) is 0 Å². The molecule has 80 valence electrons. The van der Waals surface area contributed by atoms with Gasteiger partial charge in [0.05, 0.1) is 12.3 Å². The summed E-state index contributed by atoms with van der Waals surface area (Å²) in [4.78, 5) is 10.9. The number of rotatable bonds is 5. The Kier molecular flexibility index (Phi) is 3.85. The molecule has 1 aliphatic rings. The van der Waals surface area contributed by atoms with Gasteiger partial charge in [-0.3, -0.25) is 0 Å². The number of allylic oxidation sites excluding steroid dienone is 1. The molecule has 1 rings (SSSR count). The van der Waals surface area contributed by atoms with Gasteiger partial charge in [0.1, 0.15) is 0 Å². The van der Waals surface area contributed by atoms with E-state index in [0.29, 0.717) is 0 Å². The quantitative estimate of drug-likeness (QED) is 0.545. The van der Waals surface area contributed by atoms with Gasteiger partial charge in [-0.25, -0.2) is 13.6 Å². The van der Waals surface area contributed by atoms with Gasteiger partial charge in [-0.05, 0) is 19.8 Å². The van der Waals surface area contributed by atoms with E-state index in [4.69, 9.17) is 0 Å². The third-order valence-corrected chi connectivity index (χ3v) is 1.74. The first-order valence-corrected chi connectivity index (χ1v) is 4.56. The number of halogens is 2. The van der Waals surface area contributed by atoms with Crippen LogP contribution in [0, 0.1) is 0 Å². The Morgan fingerprint density at radius 1 is 1.64 bits per heavy atom. The molecule has 0 aromatic carbocycles. The zero-order valence-corrected chi connectivity index (χ0v) is 7.93. The highest BCUT2D eigenvalue weighted by molar-refractivity contribution is 5.82. The predicted molar refractivity (Wildman–Crippen MR) is 46.9 cm³/mol. The molecule has 3 nitrogen and oxygen atoms in total. The number of carbonyl (C=O) groups excluding carboxylic acids is 1. The molecule has 0 heterocycles. The Bertz CT molecular complexity index is 237. The number of carbonyl (C=O) groups is 1. The summed E-state index contributed by atoms with van der Waals surface area (Å²) in [5, 5.41) is 2.59. The molecule has 14 heavy (non-hydrogen) atoms. The summed E-state index contributed by atoms with van der Waals surface area (Å²) < 4.78 is 29.2. The third-order valence-electron chi connectivity index (χ3n) is 1.74. The van der Waals surface area contributed by atoms with E-state index in [1.165, 1.54) is 0 Å². The minimum Gasteiger partial charge on any atom is -0.463 e. The van der Waals surface area contributed by atoms with Crippen LogP contribution in [0.5, 0.6) is 0 Å². The van der Waals surface area contributed by atoms with Crippen LogP contribution in [0.15, 0.2) is 11.8 Å². The van der Waals surface area contributed by atoms with Gasteiger partial charge in [0, 0.05) is 12.1 Å². The summed E-state index contributed by atoms with van der Waals surface area (Å²) in [7, 11) is 0. The standard InChI is InChI=1S/C9H13F2NO2/c1-2-14-8(13)5-7(9(10)11)12-6-3-4-6/h5-6,9,12H,2-4H2,1H3/b7-5-. The van der Waals surface area contributed by atoms with Crippen molar-refractivity contribution in [1.82, 2.24) is 5.32 Å². The van der Waals surface area contributed by atoms with Crippen molar-refractivity contribution in [2.24, 2.45) is 0 Å². The SMILES string of the molecule is CCOC(=O)/C=C(\NC1CC1)C(F)F. The van der Waals surface area contributed by atoms with E-state index < -0.39 is 12.4 Å². The lowest BCUT2D eigenvalue weighted by Gasteiger charge is -2.08. The molecule has 0 aromatic rings. The van der Waals surface area contributed by atoms with E-state index in [1.54, 1.807) is 6.92 Å². The zero-order chi connectivity index (χ0) is 10.6. The highest BCUT2D eigenvalue weighted by Crippen LogP contribution is 2.21. The van der Waals surface area contributed by atoms with Crippen molar-refractivity contribution in [3.05, 3.63) is 11.8 Å². The molecule has 0 saturated heterocycles. The molecule has 1 aliphatic carbocycles. The van der Waals surface area contributed by atoms with Crippen LogP contribution >= 0.6 is 0 Å². The minimum absolute atomic E-state index is 0.102. The Balaban J connectivity index is 2.50. The predicted octanol–water partition coefficient (Wildman–Crippen LogP) is 1.45. The van der Waals surface area contributed by atoms with Gasteiger partial charge in [0.2, 0.25) is 0 Å². The number of esters is 1. The summed E-state index contributed by atoms with van der Waals surface area (Å²) in [5.41, 5.74) is -0.342. The van der Waals surface area contributed by atoms with Crippen LogP contribution in [-0.4, -0.2) is 25.0 Å². The zero-order valence-electron chi connectivity index (χ0n) is 7.93. The number of hydrogen-bond donors (Lipinski definition) is 1. The molecular formula is C9H13F2NO2. The molecule has 1 fully saturated rings. The molecule has 0 spiro atoms. The van der Waals surface area contributed by atoms with E-state index in [9.17, 15) is 13.6 Å². The van der Waals surface area contributed by atoms with Gasteiger partial charge in [-0.15, -0.1) is 0 Å². The first-order chi connectivity index (χ1) is 6.63. The minimum atomic E-state index is -2.65. The molecule has 0 bridgehead atoms. The van der Waals surface area contributed by atoms with Crippen molar-refractivity contribution < 1.29 is 18.3 Å². The van der Waals surface area contributed by atoms with Gasteiger partial charge in [0.15, 0.2) is 0 Å². The highest BCUT2D eigenvalue weighted by Gasteiger charge is 2.25. The Hall–Kier alpha value is -1.13. The van der Waals surface area contributed by atoms with Crippen molar-refractivity contribution in [2.75, 3.05) is 6.61 Å². The first-order valence-electron chi connectivity index (χ1n) is 4.56. The second-order valence-corrected chi connectivity index (χ2v) is 3.07.